The summed E-state index contributed by atoms with van der Waals surface area (Å²) in [6.07, 6.45) is 3.54. The molecule has 0 spiro atoms. The predicted octanol–water partition coefficient (Wildman–Crippen LogP) is 6.48. The van der Waals surface area contributed by atoms with Crippen LogP contribution in [-0.4, -0.2) is 28.3 Å². The minimum atomic E-state index is -0.808. The number of nitro groups is 1. The van der Waals surface area contributed by atoms with Gasteiger partial charge in [-0.2, -0.15) is 0 Å². The summed E-state index contributed by atoms with van der Waals surface area (Å²) < 4.78 is 13.3. The van der Waals surface area contributed by atoms with Crippen molar-refractivity contribution in [3.63, 3.8) is 0 Å². The van der Waals surface area contributed by atoms with E-state index in [2.05, 4.69) is 0 Å². The second kappa shape index (κ2) is 12.7. The van der Waals surface area contributed by atoms with Gasteiger partial charge in [-0.1, -0.05) is 65.4 Å². The SMILES string of the molecule is CCOC(=O)C1=C(c2ccccc2)N=c2s/c(=C\c3ccc(-c4ccc(Cl)cc4[N+](=O)[O-])o3)c(=O)n2C1c1ccc(SC)cc1. The van der Waals surface area contributed by atoms with Crippen LogP contribution in [0.2, 0.25) is 5.02 Å². The molecule has 0 N–H and O–H groups in total. The number of thiazole rings is 1. The lowest BCUT2D eigenvalue weighted by atomic mass is 9.93. The molecule has 0 fully saturated rings. The van der Waals surface area contributed by atoms with Crippen molar-refractivity contribution >= 4 is 58.1 Å². The molecule has 2 aromatic heterocycles. The molecular weight excluding hydrogens is 634 g/mol. The number of hydrogen-bond donors (Lipinski definition) is 0. The molecule has 5 aromatic rings. The van der Waals surface area contributed by atoms with Crippen molar-refractivity contribution in [2.45, 2.75) is 17.9 Å². The van der Waals surface area contributed by atoms with Crippen molar-refractivity contribution < 1.29 is 18.9 Å². The molecule has 1 aliphatic rings. The van der Waals surface area contributed by atoms with E-state index in [1.165, 1.54) is 16.7 Å². The third kappa shape index (κ3) is 5.89. The van der Waals surface area contributed by atoms with Crippen molar-refractivity contribution in [1.29, 1.82) is 0 Å². The number of fused-ring (bicyclic) bond motifs is 1. The first-order valence-electron chi connectivity index (χ1n) is 13.8. The molecule has 226 valence electrons. The maximum Gasteiger partial charge on any atom is 0.338 e. The Kier molecular flexibility index (Phi) is 8.57. The van der Waals surface area contributed by atoms with E-state index in [1.807, 2.05) is 60.9 Å². The van der Waals surface area contributed by atoms with Gasteiger partial charge in [0.2, 0.25) is 0 Å². The third-order valence-corrected chi connectivity index (χ3v) is 9.09. The number of aromatic nitrogens is 1. The van der Waals surface area contributed by atoms with Crippen molar-refractivity contribution in [2.24, 2.45) is 4.99 Å². The average Bonchev–Trinajstić information content (AvgIpc) is 3.64. The summed E-state index contributed by atoms with van der Waals surface area (Å²) in [6.45, 7) is 1.88. The summed E-state index contributed by atoms with van der Waals surface area (Å²) >= 11 is 8.72. The predicted molar refractivity (Wildman–Crippen MR) is 175 cm³/mol. The highest BCUT2D eigenvalue weighted by Crippen LogP contribution is 2.36. The number of thioether (sulfide) groups is 1. The molecule has 0 saturated carbocycles. The normalized spacial score (nSPS) is 14.6. The van der Waals surface area contributed by atoms with Gasteiger partial charge in [0.1, 0.15) is 11.5 Å². The van der Waals surface area contributed by atoms with Crippen molar-refractivity contribution in [3.05, 3.63) is 142 Å². The summed E-state index contributed by atoms with van der Waals surface area (Å²) in [5, 5.41) is 11.9. The zero-order chi connectivity index (χ0) is 31.7. The van der Waals surface area contributed by atoms with Crippen LogP contribution in [0.15, 0.2) is 110 Å². The fraction of sp³-hybridized carbons (Fsp3) is 0.121. The molecule has 3 aromatic carbocycles. The Bertz CT molecular complexity index is 2150. The Morgan fingerprint density at radius 2 is 1.89 bits per heavy atom. The van der Waals surface area contributed by atoms with E-state index < -0.39 is 16.9 Å². The molecule has 0 saturated heterocycles. The van der Waals surface area contributed by atoms with Crippen LogP contribution in [0, 0.1) is 10.1 Å². The number of esters is 1. The molecule has 1 atom stereocenters. The molecule has 12 heteroatoms. The van der Waals surface area contributed by atoms with Crippen LogP contribution in [0.4, 0.5) is 5.69 Å². The zero-order valence-electron chi connectivity index (χ0n) is 23.9. The standard InChI is InChI=1S/C33H24ClN3O6S2/c1-3-42-32(39)28-29(19-7-5-4-6-8-19)35-33-36(30(28)20-9-13-23(44-2)14-10-20)31(38)27(45-33)18-22-12-16-26(43-22)24-15-11-21(34)17-25(24)37(40)41/h4-18,30H,3H2,1-2H3/b27-18-. The smallest absolute Gasteiger partial charge is 0.338 e. The molecule has 1 aliphatic heterocycles. The lowest BCUT2D eigenvalue weighted by molar-refractivity contribution is -0.384. The highest BCUT2D eigenvalue weighted by molar-refractivity contribution is 7.98. The van der Waals surface area contributed by atoms with E-state index in [4.69, 9.17) is 25.7 Å². The zero-order valence-corrected chi connectivity index (χ0v) is 26.3. The first-order chi connectivity index (χ1) is 21.8. The average molecular weight is 658 g/mol. The van der Waals surface area contributed by atoms with Gasteiger partial charge in [0.05, 0.1) is 38.9 Å². The van der Waals surface area contributed by atoms with Gasteiger partial charge in [-0.15, -0.1) is 11.8 Å². The van der Waals surface area contributed by atoms with Crippen LogP contribution >= 0.6 is 34.7 Å². The highest BCUT2D eigenvalue weighted by atomic mass is 35.5. The Morgan fingerprint density at radius 3 is 2.58 bits per heavy atom. The number of carbonyl (C=O) groups is 1. The van der Waals surface area contributed by atoms with Crippen LogP contribution in [0.25, 0.3) is 23.1 Å². The van der Waals surface area contributed by atoms with Crippen molar-refractivity contribution in [2.75, 3.05) is 12.9 Å². The van der Waals surface area contributed by atoms with Crippen LogP contribution in [0.3, 0.4) is 0 Å². The number of furan rings is 1. The topological polar surface area (TPSA) is 117 Å². The molecule has 1 unspecified atom stereocenters. The van der Waals surface area contributed by atoms with E-state index >= 15 is 0 Å². The second-order valence-corrected chi connectivity index (χ2v) is 12.2. The van der Waals surface area contributed by atoms with E-state index in [-0.39, 0.29) is 39.8 Å². The molecule has 0 radical (unpaired) electrons. The maximum atomic E-state index is 14.1. The number of benzene rings is 3. The Morgan fingerprint density at radius 1 is 1.13 bits per heavy atom. The minimum Gasteiger partial charge on any atom is -0.463 e. The van der Waals surface area contributed by atoms with Crippen molar-refractivity contribution in [3.8, 4) is 11.3 Å². The molecule has 0 bridgehead atoms. The van der Waals surface area contributed by atoms with Gasteiger partial charge < -0.3 is 9.15 Å². The van der Waals surface area contributed by atoms with Gasteiger partial charge in [-0.3, -0.25) is 19.5 Å². The van der Waals surface area contributed by atoms with Gasteiger partial charge in [-0.25, -0.2) is 9.79 Å². The summed E-state index contributed by atoms with van der Waals surface area (Å²) in [6, 6.07) is 23.7. The fourth-order valence-electron chi connectivity index (χ4n) is 5.11. The second-order valence-electron chi connectivity index (χ2n) is 9.83. The third-order valence-electron chi connectivity index (χ3n) is 7.13. The fourth-order valence-corrected chi connectivity index (χ4v) is 6.67. The quantitative estimate of drug-likeness (QED) is 0.0812. The molecule has 45 heavy (non-hydrogen) atoms. The Balaban J connectivity index is 1.55. The number of ether oxygens (including phenoxy) is 1. The van der Waals surface area contributed by atoms with Gasteiger partial charge in [-0.05, 0) is 55.1 Å². The molecular formula is C33H24ClN3O6S2. The molecule has 9 nitrogen and oxygen atoms in total. The number of nitro benzene ring substituents is 1. The van der Waals surface area contributed by atoms with Crippen LogP contribution in [0.1, 0.15) is 29.9 Å². The number of hydrogen-bond acceptors (Lipinski definition) is 9. The number of halogens is 1. The van der Waals surface area contributed by atoms with E-state index in [1.54, 1.807) is 43.0 Å². The Hall–Kier alpha value is -4.71. The minimum absolute atomic E-state index is 0.152. The Labute approximate surface area is 269 Å². The van der Waals surface area contributed by atoms with Gasteiger partial charge in [0.25, 0.3) is 11.2 Å². The van der Waals surface area contributed by atoms with Gasteiger partial charge in [0, 0.05) is 27.6 Å². The number of carbonyl (C=O) groups excluding carboxylic acids is 1. The molecule has 3 heterocycles. The van der Waals surface area contributed by atoms with Crippen LogP contribution in [0.5, 0.6) is 0 Å². The summed E-state index contributed by atoms with van der Waals surface area (Å²) in [5.41, 5.74) is 1.81. The molecule has 6 rings (SSSR count). The molecule has 0 amide bonds. The summed E-state index contributed by atoms with van der Waals surface area (Å²) in [4.78, 5) is 45.1. The van der Waals surface area contributed by atoms with E-state index in [0.29, 0.717) is 26.4 Å². The first-order valence-corrected chi connectivity index (χ1v) is 16.2. The van der Waals surface area contributed by atoms with Gasteiger partial charge in [0.15, 0.2) is 4.80 Å². The molecule has 0 aliphatic carbocycles. The maximum absolute atomic E-state index is 14.1. The number of rotatable bonds is 8. The van der Waals surface area contributed by atoms with Crippen molar-refractivity contribution in [1.82, 2.24) is 4.57 Å². The van der Waals surface area contributed by atoms with Crippen LogP contribution < -0.4 is 14.9 Å². The monoisotopic (exact) mass is 657 g/mol. The van der Waals surface area contributed by atoms with E-state index in [9.17, 15) is 19.7 Å². The highest BCUT2D eigenvalue weighted by Gasteiger charge is 2.35. The number of nitrogens with zero attached hydrogens (tertiary/aromatic N) is 3. The van der Waals surface area contributed by atoms with Crippen LogP contribution in [-0.2, 0) is 9.53 Å². The summed E-state index contributed by atoms with van der Waals surface area (Å²) in [7, 11) is 0. The first kappa shape index (κ1) is 30.3. The lowest BCUT2D eigenvalue weighted by Crippen LogP contribution is -2.40. The summed E-state index contributed by atoms with van der Waals surface area (Å²) in [5.74, 6) is 0.00181. The lowest BCUT2D eigenvalue weighted by Gasteiger charge is -2.26. The van der Waals surface area contributed by atoms with E-state index in [0.717, 1.165) is 21.8 Å². The van der Waals surface area contributed by atoms with Gasteiger partial charge >= 0.3 is 5.97 Å². The largest absolute Gasteiger partial charge is 0.463 e.